The Kier molecular flexibility index (Phi) is 5.99. The van der Waals surface area contributed by atoms with Crippen molar-refractivity contribution in [3.63, 3.8) is 0 Å². The lowest BCUT2D eigenvalue weighted by Crippen LogP contribution is -2.37. The molecule has 0 atom stereocenters. The predicted octanol–water partition coefficient (Wildman–Crippen LogP) is 4.76. The van der Waals surface area contributed by atoms with Crippen LogP contribution in [0.3, 0.4) is 0 Å². The standard InChI is InChI=1S/C27H24N2O3/c1-18(2)23-24(25(30)22-16-8-14-20-13-6-7-15-21(20)22)29(27(32)28-26(23)31)17-9-12-19-10-4-3-5-11-19/h3-16,18H,17H2,1-2H3,(H,28,31,32)/b12-9+. The first-order chi connectivity index (χ1) is 15.5. The van der Waals surface area contributed by atoms with E-state index in [0.29, 0.717) is 11.1 Å². The quantitative estimate of drug-likeness (QED) is 0.454. The summed E-state index contributed by atoms with van der Waals surface area (Å²) in [6, 6.07) is 22.8. The molecule has 0 fully saturated rings. The number of fused-ring (bicyclic) bond motifs is 1. The van der Waals surface area contributed by atoms with Gasteiger partial charge < -0.3 is 0 Å². The Morgan fingerprint density at radius 3 is 2.38 bits per heavy atom. The van der Waals surface area contributed by atoms with Crippen LogP contribution in [0, 0.1) is 0 Å². The molecule has 5 heteroatoms. The highest BCUT2D eigenvalue weighted by atomic mass is 16.2. The van der Waals surface area contributed by atoms with Crippen molar-refractivity contribution in [2.24, 2.45) is 0 Å². The molecule has 0 spiro atoms. The second kappa shape index (κ2) is 9.02. The highest BCUT2D eigenvalue weighted by Gasteiger charge is 2.25. The highest BCUT2D eigenvalue weighted by molar-refractivity contribution is 6.16. The molecule has 0 saturated carbocycles. The number of nitrogens with zero attached hydrogens (tertiary/aromatic N) is 1. The maximum absolute atomic E-state index is 13.8. The molecule has 0 amide bonds. The molecule has 5 nitrogen and oxygen atoms in total. The number of hydrogen-bond donors (Lipinski definition) is 1. The molecule has 4 aromatic rings. The van der Waals surface area contributed by atoms with E-state index in [0.717, 1.165) is 16.3 Å². The fraction of sp³-hybridized carbons (Fsp3) is 0.148. The summed E-state index contributed by atoms with van der Waals surface area (Å²) in [7, 11) is 0. The van der Waals surface area contributed by atoms with Crippen LogP contribution in [0.5, 0.6) is 0 Å². The van der Waals surface area contributed by atoms with Crippen LogP contribution >= 0.6 is 0 Å². The van der Waals surface area contributed by atoms with Crippen molar-refractivity contribution in [1.82, 2.24) is 9.55 Å². The summed E-state index contributed by atoms with van der Waals surface area (Å²) in [5.41, 5.74) is 0.794. The Hall–Kier alpha value is -3.99. The van der Waals surface area contributed by atoms with Gasteiger partial charge in [0, 0.05) is 17.7 Å². The van der Waals surface area contributed by atoms with Crippen molar-refractivity contribution in [2.75, 3.05) is 0 Å². The first-order valence-corrected chi connectivity index (χ1v) is 10.6. The van der Waals surface area contributed by atoms with Crippen molar-refractivity contribution >= 4 is 22.6 Å². The second-order valence-corrected chi connectivity index (χ2v) is 7.96. The van der Waals surface area contributed by atoms with E-state index in [2.05, 4.69) is 4.98 Å². The molecular formula is C27H24N2O3. The Balaban J connectivity index is 1.89. The van der Waals surface area contributed by atoms with Crippen LogP contribution in [0.2, 0.25) is 0 Å². The summed E-state index contributed by atoms with van der Waals surface area (Å²) in [4.78, 5) is 41.7. The topological polar surface area (TPSA) is 71.9 Å². The van der Waals surface area contributed by atoms with Gasteiger partial charge in [0.25, 0.3) is 5.56 Å². The molecule has 0 aliphatic heterocycles. The number of aromatic nitrogens is 2. The summed E-state index contributed by atoms with van der Waals surface area (Å²) in [6.07, 6.45) is 3.71. The van der Waals surface area contributed by atoms with Crippen molar-refractivity contribution in [2.45, 2.75) is 26.3 Å². The van der Waals surface area contributed by atoms with E-state index in [-0.39, 0.29) is 23.9 Å². The van der Waals surface area contributed by atoms with E-state index in [1.807, 2.05) is 92.7 Å². The minimum Gasteiger partial charge on any atom is -0.287 e. The van der Waals surface area contributed by atoms with Gasteiger partial charge in [-0.15, -0.1) is 0 Å². The molecule has 1 aromatic heterocycles. The fourth-order valence-corrected chi connectivity index (χ4v) is 3.95. The zero-order valence-electron chi connectivity index (χ0n) is 18.0. The van der Waals surface area contributed by atoms with Crippen LogP contribution in [-0.2, 0) is 6.54 Å². The normalized spacial score (nSPS) is 11.5. The van der Waals surface area contributed by atoms with E-state index in [1.165, 1.54) is 4.57 Å². The highest BCUT2D eigenvalue weighted by Crippen LogP contribution is 2.24. The third kappa shape index (κ3) is 4.10. The Morgan fingerprint density at radius 2 is 1.62 bits per heavy atom. The predicted molar refractivity (Wildman–Crippen MR) is 128 cm³/mol. The zero-order chi connectivity index (χ0) is 22.7. The number of H-pyrrole nitrogens is 1. The Labute approximate surface area is 185 Å². The van der Waals surface area contributed by atoms with Gasteiger partial charge >= 0.3 is 5.69 Å². The minimum atomic E-state index is -0.597. The maximum Gasteiger partial charge on any atom is 0.329 e. The van der Waals surface area contributed by atoms with Crippen molar-refractivity contribution < 1.29 is 4.79 Å². The number of benzene rings is 3. The summed E-state index contributed by atoms with van der Waals surface area (Å²) < 4.78 is 1.36. The number of aromatic amines is 1. The van der Waals surface area contributed by atoms with Crippen molar-refractivity contribution in [3.05, 3.63) is 122 Å². The lowest BCUT2D eigenvalue weighted by atomic mass is 9.94. The molecule has 4 rings (SSSR count). The number of carbonyl (C=O) groups is 1. The minimum absolute atomic E-state index is 0.141. The van der Waals surface area contributed by atoms with Crippen molar-refractivity contribution in [3.8, 4) is 0 Å². The van der Waals surface area contributed by atoms with Gasteiger partial charge in [0.15, 0.2) is 0 Å². The van der Waals surface area contributed by atoms with Crippen LogP contribution in [0.4, 0.5) is 0 Å². The Bertz CT molecular complexity index is 1420. The Morgan fingerprint density at radius 1 is 0.938 bits per heavy atom. The number of allylic oxidation sites excluding steroid dienone is 1. The van der Waals surface area contributed by atoms with Crippen molar-refractivity contribution in [1.29, 1.82) is 0 Å². The largest absolute Gasteiger partial charge is 0.329 e. The number of ketones is 1. The third-order valence-corrected chi connectivity index (χ3v) is 5.46. The van der Waals surface area contributed by atoms with Crippen LogP contribution in [0.25, 0.3) is 16.8 Å². The van der Waals surface area contributed by atoms with E-state index in [4.69, 9.17) is 0 Å². The fourth-order valence-electron chi connectivity index (χ4n) is 3.95. The third-order valence-electron chi connectivity index (χ3n) is 5.46. The van der Waals surface area contributed by atoms with Crippen LogP contribution in [0.15, 0.2) is 88.5 Å². The maximum atomic E-state index is 13.8. The van der Waals surface area contributed by atoms with E-state index in [1.54, 1.807) is 6.07 Å². The lowest BCUT2D eigenvalue weighted by Gasteiger charge is -2.17. The van der Waals surface area contributed by atoms with Crippen LogP contribution < -0.4 is 11.2 Å². The van der Waals surface area contributed by atoms with Crippen LogP contribution in [0.1, 0.15) is 46.9 Å². The number of carbonyl (C=O) groups excluding carboxylic acids is 1. The van der Waals surface area contributed by atoms with Gasteiger partial charge in [-0.25, -0.2) is 4.79 Å². The van der Waals surface area contributed by atoms with Gasteiger partial charge in [-0.05, 0) is 22.3 Å². The van der Waals surface area contributed by atoms with Gasteiger partial charge in [-0.2, -0.15) is 0 Å². The molecule has 32 heavy (non-hydrogen) atoms. The van der Waals surface area contributed by atoms with Crippen LogP contribution in [-0.4, -0.2) is 15.3 Å². The SMILES string of the molecule is CC(C)c1c(C(=O)c2cccc3ccccc23)n(C/C=C/c2ccccc2)c(=O)[nH]c1=O. The number of hydrogen-bond acceptors (Lipinski definition) is 3. The molecule has 0 aliphatic rings. The summed E-state index contributed by atoms with van der Waals surface area (Å²) in [5, 5.41) is 1.71. The first kappa shape index (κ1) is 21.2. The molecule has 0 saturated heterocycles. The van der Waals surface area contributed by atoms with Gasteiger partial charge in [-0.1, -0.05) is 98.8 Å². The molecule has 1 N–H and O–H groups in total. The average molecular weight is 425 g/mol. The zero-order valence-corrected chi connectivity index (χ0v) is 18.0. The average Bonchev–Trinajstić information content (AvgIpc) is 2.79. The molecule has 0 radical (unpaired) electrons. The van der Waals surface area contributed by atoms with Gasteiger partial charge in [0.2, 0.25) is 5.78 Å². The molecule has 1 heterocycles. The molecule has 3 aromatic carbocycles. The molecule has 160 valence electrons. The first-order valence-electron chi connectivity index (χ1n) is 10.6. The summed E-state index contributed by atoms with van der Waals surface area (Å²) in [5.74, 6) is -0.570. The van der Waals surface area contributed by atoms with E-state index in [9.17, 15) is 14.4 Å². The van der Waals surface area contributed by atoms with E-state index < -0.39 is 11.2 Å². The summed E-state index contributed by atoms with van der Waals surface area (Å²) >= 11 is 0. The number of rotatable bonds is 6. The van der Waals surface area contributed by atoms with Gasteiger partial charge in [-0.3, -0.25) is 19.1 Å². The molecule has 0 aliphatic carbocycles. The lowest BCUT2D eigenvalue weighted by molar-refractivity contribution is 0.102. The molecule has 0 unspecified atom stereocenters. The molecular weight excluding hydrogens is 400 g/mol. The van der Waals surface area contributed by atoms with Gasteiger partial charge in [0.05, 0.1) is 0 Å². The smallest absolute Gasteiger partial charge is 0.287 e. The van der Waals surface area contributed by atoms with Gasteiger partial charge in [0.1, 0.15) is 5.69 Å². The monoisotopic (exact) mass is 424 g/mol. The molecule has 0 bridgehead atoms. The number of nitrogens with one attached hydrogen (secondary N) is 1. The summed E-state index contributed by atoms with van der Waals surface area (Å²) in [6.45, 7) is 3.86. The second-order valence-electron chi connectivity index (χ2n) is 7.96. The van der Waals surface area contributed by atoms with E-state index >= 15 is 0 Å².